The predicted octanol–water partition coefficient (Wildman–Crippen LogP) is 1.03. The number of aryl methyl sites for hydroxylation is 2. The van der Waals surface area contributed by atoms with E-state index in [-0.39, 0.29) is 18.5 Å². The predicted molar refractivity (Wildman–Crippen MR) is 113 cm³/mol. The lowest BCUT2D eigenvalue weighted by Crippen LogP contribution is -2.42. The van der Waals surface area contributed by atoms with Crippen molar-refractivity contribution in [1.29, 1.82) is 0 Å². The molecule has 0 radical (unpaired) electrons. The fraction of sp³-hybridized carbons (Fsp3) is 0.667. The van der Waals surface area contributed by atoms with Crippen LogP contribution in [0.15, 0.2) is 15.9 Å². The average Bonchev–Trinajstić information content (AvgIpc) is 3.32. The molecule has 0 aromatic carbocycles. The van der Waals surface area contributed by atoms with Gasteiger partial charge in [0.25, 0.3) is 5.56 Å². The fourth-order valence-corrected chi connectivity index (χ4v) is 3.81. The zero-order valence-corrected chi connectivity index (χ0v) is 17.6. The normalized spacial score (nSPS) is 16.7. The third-order valence-corrected chi connectivity index (χ3v) is 5.45. The molecular weight excluding hydrogens is 370 g/mol. The van der Waals surface area contributed by atoms with Crippen molar-refractivity contribution >= 4 is 11.2 Å². The lowest BCUT2D eigenvalue weighted by molar-refractivity contribution is 0.106. The molecule has 0 saturated carbocycles. The van der Waals surface area contributed by atoms with E-state index in [2.05, 4.69) is 21.7 Å². The maximum absolute atomic E-state index is 13.0. The molecule has 3 rings (SSSR count). The lowest BCUT2D eigenvalue weighted by atomic mass is 10.0. The Hall–Kier alpha value is -2.37. The van der Waals surface area contributed by atoms with Crippen LogP contribution in [0.3, 0.4) is 0 Å². The van der Waals surface area contributed by atoms with Crippen LogP contribution < -0.4 is 11.2 Å². The van der Waals surface area contributed by atoms with Gasteiger partial charge in [0, 0.05) is 26.1 Å². The molecule has 0 spiro atoms. The minimum Gasteiger partial charge on any atom is -0.378 e. The van der Waals surface area contributed by atoms with Gasteiger partial charge in [-0.1, -0.05) is 18.8 Å². The van der Waals surface area contributed by atoms with Crippen molar-refractivity contribution in [2.45, 2.75) is 71.7 Å². The van der Waals surface area contributed by atoms with Crippen LogP contribution >= 0.6 is 0 Å². The Kier molecular flexibility index (Phi) is 6.60. The van der Waals surface area contributed by atoms with E-state index in [1.807, 2.05) is 13.8 Å². The number of imidazole rings is 1. The molecule has 1 N–H and O–H groups in total. The van der Waals surface area contributed by atoms with E-state index in [0.717, 1.165) is 19.5 Å². The van der Waals surface area contributed by atoms with Crippen molar-refractivity contribution < 1.29 is 5.11 Å². The highest BCUT2D eigenvalue weighted by atomic mass is 16.3. The summed E-state index contributed by atoms with van der Waals surface area (Å²) in [4.78, 5) is 32.5. The van der Waals surface area contributed by atoms with E-state index in [4.69, 9.17) is 0 Å². The van der Waals surface area contributed by atoms with Crippen LogP contribution in [-0.4, -0.2) is 53.9 Å². The maximum atomic E-state index is 13.0. The molecule has 1 fully saturated rings. The molecule has 8 heteroatoms. The average molecular weight is 402 g/mol. The van der Waals surface area contributed by atoms with E-state index in [1.54, 1.807) is 17.8 Å². The van der Waals surface area contributed by atoms with Gasteiger partial charge < -0.3 is 9.67 Å². The topological polar surface area (TPSA) is 85.3 Å². The summed E-state index contributed by atoms with van der Waals surface area (Å²) in [6.07, 6.45) is 5.07. The first-order valence-electron chi connectivity index (χ1n) is 10.5. The van der Waals surface area contributed by atoms with Gasteiger partial charge in [-0.3, -0.25) is 18.8 Å². The smallest absolute Gasteiger partial charge is 0.332 e. The highest BCUT2D eigenvalue weighted by Crippen LogP contribution is 2.11. The van der Waals surface area contributed by atoms with Gasteiger partial charge in [-0.2, -0.15) is 0 Å². The van der Waals surface area contributed by atoms with Crippen LogP contribution in [0.25, 0.3) is 11.2 Å². The van der Waals surface area contributed by atoms with Crippen molar-refractivity contribution in [3.8, 4) is 11.8 Å². The van der Waals surface area contributed by atoms with E-state index in [9.17, 15) is 14.7 Å². The molecule has 1 aliphatic rings. The molecule has 1 unspecified atom stereocenters. The van der Waals surface area contributed by atoms with E-state index in [0.29, 0.717) is 30.8 Å². The summed E-state index contributed by atoms with van der Waals surface area (Å²) in [6, 6.07) is 0. The van der Waals surface area contributed by atoms with Gasteiger partial charge in [0.1, 0.15) is 5.60 Å². The zero-order chi connectivity index (χ0) is 21.0. The molecular formula is C21H31N5O3. The maximum Gasteiger partial charge on any atom is 0.332 e. The van der Waals surface area contributed by atoms with Gasteiger partial charge in [0.05, 0.1) is 12.9 Å². The first-order chi connectivity index (χ1) is 13.9. The van der Waals surface area contributed by atoms with Crippen LogP contribution in [0.5, 0.6) is 0 Å². The highest BCUT2D eigenvalue weighted by molar-refractivity contribution is 5.70. The van der Waals surface area contributed by atoms with Gasteiger partial charge in [0.2, 0.25) is 0 Å². The Bertz CT molecular complexity index is 1030. The van der Waals surface area contributed by atoms with Crippen molar-refractivity contribution in [1.82, 2.24) is 23.6 Å². The summed E-state index contributed by atoms with van der Waals surface area (Å²) in [5, 5.41) is 10.6. The summed E-state index contributed by atoms with van der Waals surface area (Å²) in [5.41, 5.74) is -1.16. The van der Waals surface area contributed by atoms with Crippen molar-refractivity contribution in [2.24, 2.45) is 0 Å². The molecule has 8 nitrogen and oxygen atoms in total. The molecule has 1 aliphatic heterocycles. The van der Waals surface area contributed by atoms with Crippen LogP contribution in [0.2, 0.25) is 0 Å². The fourth-order valence-electron chi connectivity index (χ4n) is 3.81. The quantitative estimate of drug-likeness (QED) is 0.701. The van der Waals surface area contributed by atoms with Crippen LogP contribution in [0.1, 0.15) is 46.5 Å². The second-order valence-electron chi connectivity index (χ2n) is 7.90. The summed E-state index contributed by atoms with van der Waals surface area (Å²) in [7, 11) is 0. The van der Waals surface area contributed by atoms with Gasteiger partial charge in [0.15, 0.2) is 11.2 Å². The number of aromatic nitrogens is 4. The zero-order valence-electron chi connectivity index (χ0n) is 17.6. The Morgan fingerprint density at radius 3 is 2.55 bits per heavy atom. The molecule has 2 aromatic heterocycles. The van der Waals surface area contributed by atoms with Gasteiger partial charge >= 0.3 is 5.69 Å². The van der Waals surface area contributed by atoms with Crippen LogP contribution in [0.4, 0.5) is 0 Å². The van der Waals surface area contributed by atoms with Gasteiger partial charge in [-0.05, 0) is 46.2 Å². The van der Waals surface area contributed by atoms with E-state index in [1.165, 1.54) is 22.0 Å². The van der Waals surface area contributed by atoms with Crippen molar-refractivity contribution in [3.63, 3.8) is 0 Å². The molecule has 1 atom stereocenters. The number of hydrogen-bond donors (Lipinski definition) is 1. The van der Waals surface area contributed by atoms with Crippen molar-refractivity contribution in [2.75, 3.05) is 19.6 Å². The Morgan fingerprint density at radius 1 is 1.17 bits per heavy atom. The SMILES string of the molecule is CCCn1cnc2c1c(=O)n(CCC(C)(O)C#CCN1CCCC1)c(=O)n2CC. The third-order valence-electron chi connectivity index (χ3n) is 5.45. The van der Waals surface area contributed by atoms with E-state index >= 15 is 0 Å². The first kappa shape index (κ1) is 21.3. The van der Waals surface area contributed by atoms with Gasteiger partial charge in [-0.25, -0.2) is 9.78 Å². The molecule has 29 heavy (non-hydrogen) atoms. The first-order valence-corrected chi connectivity index (χ1v) is 10.5. The Balaban J connectivity index is 1.85. The minimum atomic E-state index is -1.26. The highest BCUT2D eigenvalue weighted by Gasteiger charge is 2.21. The van der Waals surface area contributed by atoms with E-state index < -0.39 is 11.3 Å². The molecule has 3 heterocycles. The molecule has 158 valence electrons. The van der Waals surface area contributed by atoms with Crippen LogP contribution in [0, 0.1) is 11.8 Å². The lowest BCUT2D eigenvalue weighted by Gasteiger charge is -2.18. The van der Waals surface area contributed by atoms with Crippen molar-refractivity contribution in [3.05, 3.63) is 27.2 Å². The summed E-state index contributed by atoms with van der Waals surface area (Å²) in [5.74, 6) is 5.96. The number of fused-ring (bicyclic) bond motifs is 1. The Morgan fingerprint density at radius 2 is 1.90 bits per heavy atom. The Labute approximate surface area is 170 Å². The number of aliphatic hydroxyl groups is 1. The number of nitrogens with zero attached hydrogens (tertiary/aromatic N) is 5. The molecule has 0 amide bonds. The molecule has 2 aromatic rings. The summed E-state index contributed by atoms with van der Waals surface area (Å²) >= 11 is 0. The number of rotatable bonds is 7. The van der Waals surface area contributed by atoms with Gasteiger partial charge in [-0.15, -0.1) is 0 Å². The molecule has 1 saturated heterocycles. The summed E-state index contributed by atoms with van der Waals surface area (Å²) < 4.78 is 4.51. The number of hydrogen-bond acceptors (Lipinski definition) is 5. The monoisotopic (exact) mass is 401 g/mol. The third kappa shape index (κ3) is 4.62. The second kappa shape index (κ2) is 8.97. The minimum absolute atomic E-state index is 0.107. The molecule has 0 bridgehead atoms. The number of likely N-dealkylation sites (tertiary alicyclic amines) is 1. The largest absolute Gasteiger partial charge is 0.378 e. The summed E-state index contributed by atoms with van der Waals surface area (Å²) in [6.45, 7) is 9.44. The van der Waals surface area contributed by atoms with Crippen LogP contribution in [-0.2, 0) is 19.6 Å². The second-order valence-corrected chi connectivity index (χ2v) is 7.90. The standard InChI is InChI=1S/C21H31N5O3/c1-4-11-24-16-22-18-17(24)19(27)26(20(28)25(18)5-2)15-10-21(3,29)9-8-14-23-12-6-7-13-23/h16,29H,4-7,10-15H2,1-3H3. The molecule has 0 aliphatic carbocycles.